The van der Waals surface area contributed by atoms with Crippen LogP contribution in [0.5, 0.6) is 5.75 Å². The van der Waals surface area contributed by atoms with Crippen molar-refractivity contribution in [2.45, 2.75) is 39.3 Å². The van der Waals surface area contributed by atoms with Crippen LogP contribution in [0.4, 0.5) is 0 Å². The molecular weight excluding hydrogens is 238 g/mol. The molecule has 2 atom stereocenters. The number of nitrogens with one attached hydrogen (secondary N) is 1. The summed E-state index contributed by atoms with van der Waals surface area (Å²) < 4.78 is 11.4. The third kappa shape index (κ3) is 3.95. The first-order chi connectivity index (χ1) is 9.35. The van der Waals surface area contributed by atoms with E-state index in [1.807, 2.05) is 19.1 Å². The van der Waals surface area contributed by atoms with Gasteiger partial charge in [-0.1, -0.05) is 25.1 Å². The van der Waals surface area contributed by atoms with E-state index in [9.17, 15) is 0 Å². The first-order valence-electron chi connectivity index (χ1n) is 7.38. The lowest BCUT2D eigenvalue weighted by molar-refractivity contribution is 0.0872. The number of benzene rings is 1. The molecule has 19 heavy (non-hydrogen) atoms. The number of hydrogen-bond donors (Lipinski definition) is 1. The molecule has 1 saturated heterocycles. The normalized spacial score (nSPS) is 22.6. The molecule has 0 radical (unpaired) electrons. The van der Waals surface area contributed by atoms with Crippen LogP contribution in [0, 0.1) is 5.92 Å². The highest BCUT2D eigenvalue weighted by Crippen LogP contribution is 2.23. The highest BCUT2D eigenvalue weighted by molar-refractivity contribution is 5.33. The van der Waals surface area contributed by atoms with E-state index in [4.69, 9.17) is 9.47 Å². The summed E-state index contributed by atoms with van der Waals surface area (Å²) in [7, 11) is 0. The lowest BCUT2D eigenvalue weighted by atomic mass is 9.99. The quantitative estimate of drug-likeness (QED) is 0.820. The van der Waals surface area contributed by atoms with Crippen LogP contribution in [0.2, 0.25) is 0 Å². The van der Waals surface area contributed by atoms with Crippen LogP contribution >= 0.6 is 0 Å². The Morgan fingerprint density at radius 3 is 2.95 bits per heavy atom. The fraction of sp³-hybridized carbons (Fsp3) is 0.625. The molecule has 2 unspecified atom stereocenters. The maximum Gasteiger partial charge on any atom is 0.123 e. The molecule has 1 aromatic carbocycles. The lowest BCUT2D eigenvalue weighted by Gasteiger charge is -2.18. The molecule has 0 amide bonds. The van der Waals surface area contributed by atoms with Gasteiger partial charge in [-0.3, -0.25) is 0 Å². The summed E-state index contributed by atoms with van der Waals surface area (Å²) in [6.07, 6.45) is 2.73. The highest BCUT2D eigenvalue weighted by Gasteiger charge is 2.25. The van der Waals surface area contributed by atoms with E-state index in [1.165, 1.54) is 12.0 Å². The van der Waals surface area contributed by atoms with Gasteiger partial charge in [-0.25, -0.2) is 0 Å². The van der Waals surface area contributed by atoms with Gasteiger partial charge in [0.05, 0.1) is 12.7 Å². The molecule has 1 aliphatic rings. The van der Waals surface area contributed by atoms with Crippen LogP contribution in [-0.2, 0) is 11.3 Å². The van der Waals surface area contributed by atoms with Gasteiger partial charge < -0.3 is 14.8 Å². The van der Waals surface area contributed by atoms with Crippen LogP contribution in [0.1, 0.15) is 32.3 Å². The average Bonchev–Trinajstić information content (AvgIpc) is 2.88. The zero-order valence-corrected chi connectivity index (χ0v) is 12.0. The van der Waals surface area contributed by atoms with Crippen molar-refractivity contribution in [3.05, 3.63) is 29.8 Å². The predicted molar refractivity (Wildman–Crippen MR) is 77.5 cm³/mol. The van der Waals surface area contributed by atoms with Crippen LogP contribution in [0.3, 0.4) is 0 Å². The van der Waals surface area contributed by atoms with Crippen molar-refractivity contribution < 1.29 is 9.47 Å². The molecule has 1 N–H and O–H groups in total. The summed E-state index contributed by atoms with van der Waals surface area (Å²) in [5, 5.41) is 3.55. The van der Waals surface area contributed by atoms with Gasteiger partial charge in [0, 0.05) is 25.3 Å². The van der Waals surface area contributed by atoms with E-state index in [0.717, 1.165) is 31.9 Å². The Balaban J connectivity index is 1.82. The van der Waals surface area contributed by atoms with Gasteiger partial charge >= 0.3 is 0 Å². The van der Waals surface area contributed by atoms with E-state index < -0.39 is 0 Å². The van der Waals surface area contributed by atoms with E-state index in [2.05, 4.69) is 24.4 Å². The van der Waals surface area contributed by atoms with Crippen molar-refractivity contribution in [2.75, 3.05) is 19.8 Å². The molecule has 1 heterocycles. The van der Waals surface area contributed by atoms with Crippen molar-refractivity contribution in [3.8, 4) is 5.75 Å². The second-order valence-electron chi connectivity index (χ2n) is 5.04. The summed E-state index contributed by atoms with van der Waals surface area (Å²) in [6, 6.07) is 8.24. The summed E-state index contributed by atoms with van der Waals surface area (Å²) >= 11 is 0. The zero-order valence-electron chi connectivity index (χ0n) is 12.0. The van der Waals surface area contributed by atoms with Crippen molar-refractivity contribution in [1.82, 2.24) is 5.32 Å². The van der Waals surface area contributed by atoms with Gasteiger partial charge in [0.2, 0.25) is 0 Å². The number of rotatable bonds is 7. The van der Waals surface area contributed by atoms with Gasteiger partial charge in [0.25, 0.3) is 0 Å². The molecule has 0 spiro atoms. The standard InChI is InChI=1S/C16H25NO2/c1-3-15-14(9-10-19-15)12-17-11-13-7-5-6-8-16(13)18-4-2/h5-8,14-15,17H,3-4,9-12H2,1-2H3. The van der Waals surface area contributed by atoms with Crippen molar-refractivity contribution >= 4 is 0 Å². The van der Waals surface area contributed by atoms with Gasteiger partial charge in [0.1, 0.15) is 5.75 Å². The Labute approximate surface area is 116 Å². The first kappa shape index (κ1) is 14.4. The molecule has 106 valence electrons. The molecule has 0 saturated carbocycles. The fourth-order valence-corrected chi connectivity index (χ4v) is 2.72. The average molecular weight is 263 g/mol. The van der Waals surface area contributed by atoms with Crippen LogP contribution in [0.15, 0.2) is 24.3 Å². The second kappa shape index (κ2) is 7.51. The minimum atomic E-state index is 0.439. The Morgan fingerprint density at radius 1 is 1.32 bits per heavy atom. The summed E-state index contributed by atoms with van der Waals surface area (Å²) in [5.41, 5.74) is 1.23. The van der Waals surface area contributed by atoms with E-state index in [-0.39, 0.29) is 0 Å². The minimum Gasteiger partial charge on any atom is -0.494 e. The minimum absolute atomic E-state index is 0.439. The summed E-state index contributed by atoms with van der Waals surface area (Å²) in [4.78, 5) is 0. The van der Waals surface area contributed by atoms with Crippen LogP contribution in [0.25, 0.3) is 0 Å². The highest BCUT2D eigenvalue weighted by atomic mass is 16.5. The van der Waals surface area contributed by atoms with Gasteiger partial charge in [0.15, 0.2) is 0 Å². The molecule has 1 fully saturated rings. The van der Waals surface area contributed by atoms with Crippen molar-refractivity contribution in [3.63, 3.8) is 0 Å². The smallest absolute Gasteiger partial charge is 0.123 e. The second-order valence-corrected chi connectivity index (χ2v) is 5.04. The maximum atomic E-state index is 5.72. The number of ether oxygens (including phenoxy) is 2. The topological polar surface area (TPSA) is 30.5 Å². The largest absolute Gasteiger partial charge is 0.494 e. The molecule has 1 aliphatic heterocycles. The predicted octanol–water partition coefficient (Wildman–Crippen LogP) is 2.99. The van der Waals surface area contributed by atoms with Gasteiger partial charge in [-0.05, 0) is 31.7 Å². The molecular formula is C16H25NO2. The molecule has 0 aliphatic carbocycles. The van der Waals surface area contributed by atoms with E-state index in [0.29, 0.717) is 18.6 Å². The Kier molecular flexibility index (Phi) is 5.67. The third-order valence-electron chi connectivity index (χ3n) is 3.74. The van der Waals surface area contributed by atoms with Gasteiger partial charge in [-0.15, -0.1) is 0 Å². The molecule has 3 heteroatoms. The lowest BCUT2D eigenvalue weighted by Crippen LogP contribution is -2.28. The fourth-order valence-electron chi connectivity index (χ4n) is 2.72. The van der Waals surface area contributed by atoms with E-state index in [1.54, 1.807) is 0 Å². The molecule has 2 rings (SSSR count). The Bertz CT molecular complexity index is 381. The number of para-hydroxylation sites is 1. The summed E-state index contributed by atoms with van der Waals surface area (Å²) in [6.45, 7) is 7.74. The van der Waals surface area contributed by atoms with Gasteiger partial charge in [-0.2, -0.15) is 0 Å². The first-order valence-corrected chi connectivity index (χ1v) is 7.38. The molecule has 3 nitrogen and oxygen atoms in total. The zero-order chi connectivity index (χ0) is 13.5. The van der Waals surface area contributed by atoms with Crippen LogP contribution in [-0.4, -0.2) is 25.9 Å². The molecule has 1 aromatic rings. The molecule has 0 bridgehead atoms. The van der Waals surface area contributed by atoms with Crippen LogP contribution < -0.4 is 10.1 Å². The molecule has 0 aromatic heterocycles. The Morgan fingerprint density at radius 2 is 2.16 bits per heavy atom. The third-order valence-corrected chi connectivity index (χ3v) is 3.74. The number of hydrogen-bond acceptors (Lipinski definition) is 3. The van der Waals surface area contributed by atoms with Crippen molar-refractivity contribution in [1.29, 1.82) is 0 Å². The maximum absolute atomic E-state index is 5.72. The van der Waals surface area contributed by atoms with E-state index >= 15 is 0 Å². The SMILES string of the molecule is CCOc1ccccc1CNCC1CCOC1CC. The monoisotopic (exact) mass is 263 g/mol. The summed E-state index contributed by atoms with van der Waals surface area (Å²) in [5.74, 6) is 1.65. The van der Waals surface area contributed by atoms with Crippen molar-refractivity contribution in [2.24, 2.45) is 5.92 Å². The Hall–Kier alpha value is -1.06.